The molecule has 0 fully saturated rings. The van der Waals surface area contributed by atoms with E-state index in [1.165, 1.54) is 11.1 Å². The largest absolute Gasteiger partial charge is 0.375 e. The molecule has 1 atom stereocenters. The van der Waals surface area contributed by atoms with Gasteiger partial charge in [0.15, 0.2) is 11.4 Å². The minimum atomic E-state index is -1.88. The van der Waals surface area contributed by atoms with Gasteiger partial charge in [-0.1, -0.05) is 60.7 Å². The third-order valence-corrected chi connectivity index (χ3v) is 5.04. The third-order valence-electron chi connectivity index (χ3n) is 5.04. The van der Waals surface area contributed by atoms with Crippen molar-refractivity contribution < 1.29 is 14.7 Å². The number of para-hydroxylation sites is 1. The molecule has 0 spiro atoms. The molecule has 29 heavy (non-hydrogen) atoms. The van der Waals surface area contributed by atoms with Crippen molar-refractivity contribution in [2.45, 2.75) is 12.0 Å². The number of hydrogen-bond acceptors (Lipinski definition) is 4. The number of hydrogen-bond donors (Lipinski definition) is 1. The van der Waals surface area contributed by atoms with Crippen molar-refractivity contribution in [3.63, 3.8) is 0 Å². The molecular weight excluding hydrogens is 364 g/mol. The number of benzene rings is 2. The number of rotatable bonds is 6. The van der Waals surface area contributed by atoms with Crippen LogP contribution < -0.4 is 4.90 Å². The molecule has 144 valence electrons. The van der Waals surface area contributed by atoms with Crippen molar-refractivity contribution in [2.24, 2.45) is 0 Å². The van der Waals surface area contributed by atoms with E-state index < -0.39 is 11.5 Å². The SMILES string of the molecule is O=C(CC1(O)C(=O)N(CC=Cc2ccccc2)c2ccccc21)c1cccnc1. The summed E-state index contributed by atoms with van der Waals surface area (Å²) >= 11 is 0. The summed E-state index contributed by atoms with van der Waals surface area (Å²) in [5, 5.41) is 11.3. The maximum atomic E-state index is 13.2. The smallest absolute Gasteiger partial charge is 0.264 e. The Morgan fingerprint density at radius 3 is 2.55 bits per heavy atom. The van der Waals surface area contributed by atoms with Gasteiger partial charge in [-0.25, -0.2) is 0 Å². The Bertz CT molecular complexity index is 1060. The van der Waals surface area contributed by atoms with Crippen LogP contribution in [0.1, 0.15) is 27.9 Å². The number of aliphatic hydroxyl groups is 1. The van der Waals surface area contributed by atoms with Gasteiger partial charge in [0.25, 0.3) is 5.91 Å². The van der Waals surface area contributed by atoms with Gasteiger partial charge < -0.3 is 10.0 Å². The van der Waals surface area contributed by atoms with E-state index in [0.29, 0.717) is 23.4 Å². The zero-order valence-electron chi connectivity index (χ0n) is 15.7. The highest BCUT2D eigenvalue weighted by molar-refractivity contribution is 6.10. The average molecular weight is 384 g/mol. The van der Waals surface area contributed by atoms with Gasteiger partial charge in [-0.15, -0.1) is 0 Å². The van der Waals surface area contributed by atoms with Crippen LogP contribution in [0.4, 0.5) is 5.69 Å². The lowest BCUT2D eigenvalue weighted by Crippen LogP contribution is -2.42. The minimum absolute atomic E-state index is 0.300. The summed E-state index contributed by atoms with van der Waals surface area (Å²) in [5.41, 5.74) is 0.583. The van der Waals surface area contributed by atoms with Gasteiger partial charge in [-0.2, -0.15) is 0 Å². The summed E-state index contributed by atoms with van der Waals surface area (Å²) in [4.78, 5) is 31.3. The van der Waals surface area contributed by atoms with E-state index in [1.807, 2.05) is 48.6 Å². The van der Waals surface area contributed by atoms with Crippen molar-refractivity contribution in [1.29, 1.82) is 0 Å². The number of ketones is 1. The van der Waals surface area contributed by atoms with Crippen LogP contribution in [0.25, 0.3) is 6.08 Å². The highest BCUT2D eigenvalue weighted by Gasteiger charge is 2.50. The highest BCUT2D eigenvalue weighted by atomic mass is 16.3. The van der Waals surface area contributed by atoms with Crippen molar-refractivity contribution in [3.8, 4) is 0 Å². The summed E-state index contributed by atoms with van der Waals surface area (Å²) in [6, 6.07) is 20.1. The van der Waals surface area contributed by atoms with Crippen LogP contribution in [0, 0.1) is 0 Å². The molecule has 1 N–H and O–H groups in total. The monoisotopic (exact) mass is 384 g/mol. The van der Waals surface area contributed by atoms with Crippen molar-refractivity contribution in [3.05, 3.63) is 102 Å². The van der Waals surface area contributed by atoms with E-state index >= 15 is 0 Å². The Kier molecular flexibility index (Phi) is 5.06. The molecule has 5 nitrogen and oxygen atoms in total. The highest BCUT2D eigenvalue weighted by Crippen LogP contribution is 2.42. The van der Waals surface area contributed by atoms with Crippen LogP contribution in [0.5, 0.6) is 0 Å². The number of fused-ring (bicyclic) bond motifs is 1. The van der Waals surface area contributed by atoms with E-state index in [-0.39, 0.29) is 12.2 Å². The number of carbonyl (C=O) groups excluding carboxylic acids is 2. The number of anilines is 1. The van der Waals surface area contributed by atoms with Crippen molar-refractivity contribution >= 4 is 23.5 Å². The third kappa shape index (κ3) is 3.60. The van der Waals surface area contributed by atoms with Crippen LogP contribution in [-0.4, -0.2) is 28.3 Å². The fourth-order valence-corrected chi connectivity index (χ4v) is 3.58. The molecule has 2 aromatic carbocycles. The van der Waals surface area contributed by atoms with Crippen molar-refractivity contribution in [2.75, 3.05) is 11.4 Å². The standard InChI is InChI=1S/C24H20N2O3/c27-22(19-11-6-14-25-17-19)16-24(29)20-12-4-5-13-21(20)26(23(24)28)15-7-10-18-8-2-1-3-9-18/h1-14,17,29H,15-16H2. The first kappa shape index (κ1) is 18.8. The lowest BCUT2D eigenvalue weighted by Gasteiger charge is -2.22. The molecule has 2 heterocycles. The zero-order chi connectivity index (χ0) is 20.3. The second kappa shape index (κ2) is 7.81. The van der Waals surface area contributed by atoms with Gasteiger partial charge >= 0.3 is 0 Å². The summed E-state index contributed by atoms with van der Waals surface area (Å²) < 4.78 is 0. The van der Waals surface area contributed by atoms with E-state index in [1.54, 1.807) is 36.5 Å². The van der Waals surface area contributed by atoms with E-state index in [2.05, 4.69) is 4.98 Å². The normalized spacial score (nSPS) is 18.2. The molecule has 1 aromatic heterocycles. The molecule has 1 aliphatic rings. The molecule has 0 aliphatic carbocycles. The Balaban J connectivity index is 1.60. The topological polar surface area (TPSA) is 70.5 Å². The molecule has 1 amide bonds. The molecule has 4 rings (SSSR count). The lowest BCUT2D eigenvalue weighted by atomic mass is 9.88. The second-order valence-electron chi connectivity index (χ2n) is 6.95. The Morgan fingerprint density at radius 2 is 1.79 bits per heavy atom. The number of nitrogens with zero attached hydrogens (tertiary/aromatic N) is 2. The molecule has 0 saturated heterocycles. The number of carbonyl (C=O) groups is 2. The number of aromatic nitrogens is 1. The predicted octanol–water partition coefficient (Wildman–Crippen LogP) is 3.60. The summed E-state index contributed by atoms with van der Waals surface area (Å²) in [6.07, 6.45) is 6.49. The number of pyridine rings is 1. The summed E-state index contributed by atoms with van der Waals surface area (Å²) in [7, 11) is 0. The van der Waals surface area contributed by atoms with Gasteiger partial charge in [0, 0.05) is 30.1 Å². The molecule has 1 unspecified atom stereocenters. The van der Waals surface area contributed by atoms with Crippen LogP contribution >= 0.6 is 0 Å². The fourth-order valence-electron chi connectivity index (χ4n) is 3.58. The van der Waals surface area contributed by atoms with Crippen molar-refractivity contribution in [1.82, 2.24) is 4.98 Å². The van der Waals surface area contributed by atoms with E-state index in [9.17, 15) is 14.7 Å². The van der Waals surface area contributed by atoms with E-state index in [0.717, 1.165) is 5.56 Å². The van der Waals surface area contributed by atoms with Crippen LogP contribution in [0.15, 0.2) is 85.2 Å². The van der Waals surface area contributed by atoms with Gasteiger partial charge in [0.2, 0.25) is 0 Å². The first-order chi connectivity index (χ1) is 14.1. The number of Topliss-reactive ketones (excluding diaryl/α,β-unsaturated/α-hetero) is 1. The van der Waals surface area contributed by atoms with Gasteiger partial charge in [-0.05, 0) is 23.8 Å². The fraction of sp³-hybridized carbons (Fsp3) is 0.125. The quantitative estimate of drug-likeness (QED) is 0.659. The maximum absolute atomic E-state index is 13.2. The first-order valence-corrected chi connectivity index (χ1v) is 9.38. The summed E-state index contributed by atoms with van der Waals surface area (Å²) in [5.74, 6) is -0.820. The van der Waals surface area contributed by atoms with Crippen LogP contribution in [0.3, 0.4) is 0 Å². The molecule has 1 aliphatic heterocycles. The van der Waals surface area contributed by atoms with Gasteiger partial charge in [0.05, 0.1) is 12.1 Å². The first-order valence-electron chi connectivity index (χ1n) is 9.38. The molecule has 0 saturated carbocycles. The predicted molar refractivity (Wildman–Crippen MR) is 111 cm³/mol. The molecule has 0 bridgehead atoms. The maximum Gasteiger partial charge on any atom is 0.264 e. The second-order valence-corrected chi connectivity index (χ2v) is 6.95. The average Bonchev–Trinajstić information content (AvgIpc) is 2.97. The molecule has 0 radical (unpaired) electrons. The Labute approximate surface area is 169 Å². The zero-order valence-corrected chi connectivity index (χ0v) is 15.7. The van der Waals surface area contributed by atoms with Crippen LogP contribution in [-0.2, 0) is 10.4 Å². The number of amides is 1. The van der Waals surface area contributed by atoms with Gasteiger partial charge in [-0.3, -0.25) is 14.6 Å². The lowest BCUT2D eigenvalue weighted by molar-refractivity contribution is -0.135. The van der Waals surface area contributed by atoms with Gasteiger partial charge in [0.1, 0.15) is 0 Å². The Morgan fingerprint density at radius 1 is 1.03 bits per heavy atom. The molecular formula is C24H20N2O3. The van der Waals surface area contributed by atoms with Crippen LogP contribution in [0.2, 0.25) is 0 Å². The summed E-state index contributed by atoms with van der Waals surface area (Å²) in [6.45, 7) is 0.300. The molecule has 5 heteroatoms. The minimum Gasteiger partial charge on any atom is -0.375 e. The van der Waals surface area contributed by atoms with E-state index in [4.69, 9.17) is 0 Å². The Hall–Kier alpha value is -3.57. The molecule has 3 aromatic rings.